The first-order valence-electron chi connectivity index (χ1n) is 5.75. The van der Waals surface area contributed by atoms with Crippen LogP contribution in [0, 0.1) is 21.4 Å². The Balaban J connectivity index is 2.80. The van der Waals surface area contributed by atoms with E-state index in [-0.39, 0.29) is 11.3 Å². The molecule has 8 nitrogen and oxygen atoms in total. The van der Waals surface area contributed by atoms with Gasteiger partial charge in [-0.05, 0) is 24.3 Å². The molecule has 0 fully saturated rings. The number of hydrogen-bond donors (Lipinski definition) is 1. The van der Waals surface area contributed by atoms with Gasteiger partial charge in [-0.15, -0.1) is 0 Å². The highest BCUT2D eigenvalue weighted by Gasteiger charge is 2.47. The molecule has 0 unspecified atom stereocenters. The average Bonchev–Trinajstić information content (AvgIpc) is 2.88. The van der Waals surface area contributed by atoms with E-state index in [4.69, 9.17) is 10.4 Å². The minimum Gasteiger partial charge on any atom is -0.476 e. The molecule has 0 saturated heterocycles. The summed E-state index contributed by atoms with van der Waals surface area (Å²) >= 11 is 0. The van der Waals surface area contributed by atoms with Crippen molar-refractivity contribution in [2.24, 2.45) is 0 Å². The number of nitrogens with zero attached hydrogens (tertiary/aromatic N) is 4. The first-order chi connectivity index (χ1) is 10.7. The van der Waals surface area contributed by atoms with Gasteiger partial charge in [-0.3, -0.25) is 10.1 Å². The standard InChI is InChI=1S/C12H5F3N4O4/c13-12(14,15)10-8(19(22)23)9(11(20)21)18(17-10)7-3-1-6(5-16)2-4-7/h1-4H,(H,20,21). The molecule has 118 valence electrons. The van der Waals surface area contributed by atoms with E-state index >= 15 is 0 Å². The zero-order valence-electron chi connectivity index (χ0n) is 10.9. The molecular formula is C12H5F3N4O4. The molecule has 1 heterocycles. The molecule has 0 aliphatic carbocycles. The molecule has 0 spiro atoms. The number of nitro groups is 1. The van der Waals surface area contributed by atoms with Gasteiger partial charge >= 0.3 is 17.8 Å². The minimum atomic E-state index is -5.20. The summed E-state index contributed by atoms with van der Waals surface area (Å²) in [5.74, 6) is -1.94. The number of aromatic nitrogens is 2. The first-order valence-corrected chi connectivity index (χ1v) is 5.75. The zero-order chi connectivity index (χ0) is 17.4. The number of hydrogen-bond acceptors (Lipinski definition) is 5. The van der Waals surface area contributed by atoms with Crippen molar-refractivity contribution in [3.8, 4) is 11.8 Å². The molecule has 1 N–H and O–H groups in total. The second kappa shape index (κ2) is 5.41. The number of carboxylic acids is 1. The van der Waals surface area contributed by atoms with Crippen molar-refractivity contribution < 1.29 is 28.0 Å². The van der Waals surface area contributed by atoms with Crippen LogP contribution in [-0.2, 0) is 6.18 Å². The van der Waals surface area contributed by atoms with Gasteiger partial charge < -0.3 is 5.11 Å². The maximum atomic E-state index is 12.9. The van der Waals surface area contributed by atoms with E-state index in [1.54, 1.807) is 6.07 Å². The summed E-state index contributed by atoms with van der Waals surface area (Å²) in [4.78, 5) is 20.6. The predicted octanol–water partition coefficient (Wildman–Crippen LogP) is 2.37. The molecule has 0 bridgehead atoms. The maximum Gasteiger partial charge on any atom is 0.442 e. The molecule has 0 radical (unpaired) electrons. The van der Waals surface area contributed by atoms with E-state index in [0.717, 1.165) is 12.1 Å². The van der Waals surface area contributed by atoms with Gasteiger partial charge in [-0.1, -0.05) is 0 Å². The second-order valence-electron chi connectivity index (χ2n) is 4.18. The summed E-state index contributed by atoms with van der Waals surface area (Å²) < 4.78 is 39.0. The molecular weight excluding hydrogens is 321 g/mol. The highest BCUT2D eigenvalue weighted by Crippen LogP contribution is 2.38. The predicted molar refractivity (Wildman–Crippen MR) is 66.9 cm³/mol. The minimum absolute atomic E-state index is 0.167. The third kappa shape index (κ3) is 2.82. The fraction of sp³-hybridized carbons (Fsp3) is 0.0833. The van der Waals surface area contributed by atoms with Crippen molar-refractivity contribution in [2.45, 2.75) is 6.18 Å². The number of benzene rings is 1. The Morgan fingerprint density at radius 1 is 1.35 bits per heavy atom. The normalized spacial score (nSPS) is 11.0. The van der Waals surface area contributed by atoms with E-state index in [2.05, 4.69) is 5.10 Å². The van der Waals surface area contributed by atoms with Gasteiger partial charge in [0.15, 0.2) is 0 Å². The summed E-state index contributed by atoms with van der Waals surface area (Å²) in [7, 11) is 0. The van der Waals surface area contributed by atoms with Gasteiger partial charge in [0.25, 0.3) is 0 Å². The van der Waals surface area contributed by atoms with Crippen LogP contribution in [0.3, 0.4) is 0 Å². The van der Waals surface area contributed by atoms with E-state index in [9.17, 15) is 28.1 Å². The number of alkyl halides is 3. The first kappa shape index (κ1) is 16.0. The maximum absolute atomic E-state index is 12.9. The fourth-order valence-electron chi connectivity index (χ4n) is 1.83. The van der Waals surface area contributed by atoms with E-state index < -0.39 is 34.1 Å². The van der Waals surface area contributed by atoms with Crippen LogP contribution in [0.25, 0.3) is 5.69 Å². The van der Waals surface area contributed by atoms with Gasteiger partial charge in [0.05, 0.1) is 22.2 Å². The van der Waals surface area contributed by atoms with Crippen molar-refractivity contribution in [1.29, 1.82) is 5.26 Å². The smallest absolute Gasteiger partial charge is 0.442 e. The lowest BCUT2D eigenvalue weighted by Gasteiger charge is -2.03. The lowest BCUT2D eigenvalue weighted by molar-refractivity contribution is -0.388. The molecule has 2 aromatic rings. The van der Waals surface area contributed by atoms with Crippen LogP contribution in [-0.4, -0.2) is 25.8 Å². The topological polar surface area (TPSA) is 122 Å². The zero-order valence-corrected chi connectivity index (χ0v) is 10.9. The van der Waals surface area contributed by atoms with Gasteiger partial charge in [-0.2, -0.15) is 23.5 Å². The number of halogens is 3. The quantitative estimate of drug-likeness (QED) is 0.682. The summed E-state index contributed by atoms with van der Waals surface area (Å²) in [5.41, 5.74) is -4.78. The third-order valence-electron chi connectivity index (χ3n) is 2.76. The lowest BCUT2D eigenvalue weighted by atomic mass is 10.2. The highest BCUT2D eigenvalue weighted by atomic mass is 19.4. The number of carboxylic acid groups (broad SMARTS) is 1. The van der Waals surface area contributed by atoms with Crippen molar-refractivity contribution in [1.82, 2.24) is 9.78 Å². The molecule has 1 aromatic carbocycles. The second-order valence-corrected chi connectivity index (χ2v) is 4.18. The van der Waals surface area contributed by atoms with Crippen molar-refractivity contribution in [3.05, 3.63) is 51.3 Å². The van der Waals surface area contributed by atoms with Gasteiger partial charge in [0.1, 0.15) is 0 Å². The molecule has 2 rings (SSSR count). The molecule has 0 saturated carbocycles. The monoisotopic (exact) mass is 326 g/mol. The Hall–Kier alpha value is -3.42. The summed E-state index contributed by atoms with van der Waals surface area (Å²) in [6.45, 7) is 0. The van der Waals surface area contributed by atoms with Crippen LogP contribution in [0.5, 0.6) is 0 Å². The van der Waals surface area contributed by atoms with Gasteiger partial charge in [0.2, 0.25) is 11.4 Å². The van der Waals surface area contributed by atoms with Crippen LogP contribution in [0.4, 0.5) is 18.9 Å². The number of rotatable bonds is 3. The number of aromatic carboxylic acids is 1. The molecule has 23 heavy (non-hydrogen) atoms. The highest BCUT2D eigenvalue weighted by molar-refractivity contribution is 5.91. The van der Waals surface area contributed by atoms with Crippen molar-refractivity contribution >= 4 is 11.7 Å². The summed E-state index contributed by atoms with van der Waals surface area (Å²) in [5, 5.41) is 31.6. The van der Waals surface area contributed by atoms with Crippen molar-refractivity contribution in [3.63, 3.8) is 0 Å². The van der Waals surface area contributed by atoms with E-state index in [1.165, 1.54) is 12.1 Å². The SMILES string of the molecule is N#Cc1ccc(-n2nc(C(F)(F)F)c([N+](=O)[O-])c2C(=O)O)cc1. The fourth-order valence-corrected chi connectivity index (χ4v) is 1.83. The van der Waals surface area contributed by atoms with Crippen LogP contribution >= 0.6 is 0 Å². The molecule has 1 aromatic heterocycles. The summed E-state index contributed by atoms with van der Waals surface area (Å²) in [6.07, 6.45) is -5.20. The Kier molecular flexibility index (Phi) is 3.75. The molecule has 0 amide bonds. The van der Waals surface area contributed by atoms with Gasteiger partial charge in [0, 0.05) is 0 Å². The van der Waals surface area contributed by atoms with Crippen molar-refractivity contribution in [2.75, 3.05) is 0 Å². The Bertz CT molecular complexity index is 834. The van der Waals surface area contributed by atoms with Gasteiger partial charge in [-0.25, -0.2) is 9.48 Å². The Morgan fingerprint density at radius 3 is 2.30 bits per heavy atom. The average molecular weight is 326 g/mol. The summed E-state index contributed by atoms with van der Waals surface area (Å²) in [6, 6.07) is 6.44. The largest absolute Gasteiger partial charge is 0.476 e. The Labute approximate surface area is 125 Å². The van der Waals surface area contributed by atoms with Crippen LogP contribution in [0.1, 0.15) is 21.7 Å². The molecule has 0 aliphatic rings. The van der Waals surface area contributed by atoms with Crippen LogP contribution in [0.2, 0.25) is 0 Å². The van der Waals surface area contributed by atoms with Crippen LogP contribution < -0.4 is 0 Å². The third-order valence-corrected chi connectivity index (χ3v) is 2.76. The Morgan fingerprint density at radius 2 is 1.91 bits per heavy atom. The molecule has 0 atom stereocenters. The number of carbonyl (C=O) groups is 1. The van der Waals surface area contributed by atoms with E-state index in [1.807, 2.05) is 0 Å². The molecule has 0 aliphatic heterocycles. The number of nitriles is 1. The molecule has 11 heteroatoms. The lowest BCUT2D eigenvalue weighted by Crippen LogP contribution is -2.10. The van der Waals surface area contributed by atoms with E-state index in [0.29, 0.717) is 4.68 Å². The van der Waals surface area contributed by atoms with Crippen LogP contribution in [0.15, 0.2) is 24.3 Å².